The quantitative estimate of drug-likeness (QED) is 0.185. The molecule has 2 amide bonds. The number of para-hydroxylation sites is 4. The van der Waals surface area contributed by atoms with Crippen molar-refractivity contribution in [3.8, 4) is 45.5 Å². The van der Waals surface area contributed by atoms with Gasteiger partial charge in [-0.2, -0.15) is 0 Å². The predicted molar refractivity (Wildman–Crippen MR) is 167 cm³/mol. The highest BCUT2D eigenvalue weighted by Crippen LogP contribution is 2.27. The number of nitrogens with one attached hydrogen (secondary N) is 2. The Balaban J connectivity index is 1.12. The number of nitrogens with zero attached hydrogens (tertiary/aromatic N) is 2. The Labute approximate surface area is 254 Å². The van der Waals surface area contributed by atoms with E-state index in [1.165, 1.54) is 0 Å². The number of ether oxygens (including phenoxy) is 4. The van der Waals surface area contributed by atoms with E-state index >= 15 is 0 Å². The van der Waals surface area contributed by atoms with E-state index in [0.29, 0.717) is 40.2 Å². The van der Waals surface area contributed by atoms with Gasteiger partial charge in [0.25, 0.3) is 11.8 Å². The van der Waals surface area contributed by atoms with Gasteiger partial charge >= 0.3 is 0 Å². The average molecular weight is 591 g/mol. The number of aromatic nitrogens is 2. The third-order valence-electron chi connectivity index (χ3n) is 6.44. The number of hydrogen-bond donors (Lipinski definition) is 2. The minimum absolute atomic E-state index is 0.150. The van der Waals surface area contributed by atoms with Crippen LogP contribution in [0.1, 0.15) is 0 Å². The zero-order valence-electron chi connectivity index (χ0n) is 24.2. The van der Waals surface area contributed by atoms with E-state index < -0.39 is 0 Å². The average Bonchev–Trinajstić information content (AvgIpc) is 3.07. The molecule has 0 atom stereocenters. The lowest BCUT2D eigenvalue weighted by molar-refractivity contribution is -0.118. The molecule has 0 aliphatic heterocycles. The van der Waals surface area contributed by atoms with E-state index in [1.54, 1.807) is 75.1 Å². The van der Waals surface area contributed by atoms with Gasteiger partial charge in [0.2, 0.25) is 0 Å². The Kier molecular flexibility index (Phi) is 9.63. The molecule has 10 heteroatoms. The molecule has 0 bridgehead atoms. The lowest BCUT2D eigenvalue weighted by Gasteiger charge is -2.11. The standard InChI is InChI=1S/C34H30N4O6/c1-41-28-7-3-5-9-30(28)43-21-32(39)37-26-15-11-23(12-16-26)25-19-35-34(36-20-25)24-13-17-27(18-14-24)38-33(40)22-44-31-10-6-4-8-29(31)42-2/h3-20H,21-22H2,1-2H3,(H,37,39)(H,38,40). The van der Waals surface area contributed by atoms with E-state index in [9.17, 15) is 9.59 Å². The molecule has 0 spiro atoms. The lowest BCUT2D eigenvalue weighted by Crippen LogP contribution is -2.20. The van der Waals surface area contributed by atoms with Crippen LogP contribution < -0.4 is 29.6 Å². The van der Waals surface area contributed by atoms with Crippen LogP contribution in [0.4, 0.5) is 11.4 Å². The van der Waals surface area contributed by atoms with Gasteiger partial charge in [-0.25, -0.2) is 9.97 Å². The van der Waals surface area contributed by atoms with Crippen molar-refractivity contribution in [2.45, 2.75) is 0 Å². The Morgan fingerprint density at radius 1 is 0.545 bits per heavy atom. The number of amides is 2. The predicted octanol–water partition coefficient (Wildman–Crippen LogP) is 5.86. The van der Waals surface area contributed by atoms with Gasteiger partial charge in [-0.05, 0) is 66.2 Å². The lowest BCUT2D eigenvalue weighted by atomic mass is 10.1. The highest BCUT2D eigenvalue weighted by Gasteiger charge is 2.10. The third kappa shape index (κ3) is 7.68. The first kappa shape index (κ1) is 29.6. The molecule has 0 aliphatic rings. The van der Waals surface area contributed by atoms with E-state index in [4.69, 9.17) is 18.9 Å². The maximum absolute atomic E-state index is 12.4. The van der Waals surface area contributed by atoms with Gasteiger partial charge in [-0.1, -0.05) is 36.4 Å². The summed E-state index contributed by atoms with van der Waals surface area (Å²) < 4.78 is 21.6. The van der Waals surface area contributed by atoms with E-state index in [-0.39, 0.29) is 25.0 Å². The molecule has 0 saturated carbocycles. The minimum atomic E-state index is -0.295. The molecule has 0 aliphatic carbocycles. The van der Waals surface area contributed by atoms with Gasteiger partial charge < -0.3 is 29.6 Å². The Hall–Kier alpha value is -5.90. The van der Waals surface area contributed by atoms with Crippen molar-refractivity contribution >= 4 is 23.2 Å². The maximum Gasteiger partial charge on any atom is 0.262 e. The minimum Gasteiger partial charge on any atom is -0.493 e. The zero-order chi connectivity index (χ0) is 30.7. The first-order valence-electron chi connectivity index (χ1n) is 13.7. The molecule has 5 rings (SSSR count). The van der Waals surface area contributed by atoms with Crippen LogP contribution in [0.5, 0.6) is 23.0 Å². The molecule has 222 valence electrons. The number of methoxy groups -OCH3 is 2. The Morgan fingerprint density at radius 3 is 1.39 bits per heavy atom. The fourth-order valence-electron chi connectivity index (χ4n) is 4.23. The number of carbonyl (C=O) groups excluding carboxylic acids is 2. The van der Waals surface area contributed by atoms with Crippen molar-refractivity contribution in [3.63, 3.8) is 0 Å². The summed E-state index contributed by atoms with van der Waals surface area (Å²) in [6, 6.07) is 28.9. The summed E-state index contributed by atoms with van der Waals surface area (Å²) in [4.78, 5) is 33.7. The second-order valence-corrected chi connectivity index (χ2v) is 9.43. The maximum atomic E-state index is 12.4. The molecule has 0 saturated heterocycles. The van der Waals surface area contributed by atoms with Crippen LogP contribution in [-0.2, 0) is 9.59 Å². The van der Waals surface area contributed by atoms with Crippen LogP contribution >= 0.6 is 0 Å². The summed E-state index contributed by atoms with van der Waals surface area (Å²) in [6.45, 7) is -0.304. The van der Waals surface area contributed by atoms with Crippen molar-refractivity contribution in [2.75, 3.05) is 38.1 Å². The van der Waals surface area contributed by atoms with Crippen molar-refractivity contribution in [1.29, 1.82) is 0 Å². The van der Waals surface area contributed by atoms with Crippen molar-refractivity contribution in [3.05, 3.63) is 109 Å². The van der Waals surface area contributed by atoms with Gasteiger partial charge in [-0.15, -0.1) is 0 Å². The fraction of sp³-hybridized carbons (Fsp3) is 0.118. The first-order valence-corrected chi connectivity index (χ1v) is 13.7. The number of benzene rings is 4. The second-order valence-electron chi connectivity index (χ2n) is 9.43. The Morgan fingerprint density at radius 2 is 0.955 bits per heavy atom. The van der Waals surface area contributed by atoms with Crippen LogP contribution in [0, 0.1) is 0 Å². The van der Waals surface area contributed by atoms with Gasteiger partial charge in [0, 0.05) is 34.9 Å². The van der Waals surface area contributed by atoms with Crippen LogP contribution in [0.25, 0.3) is 22.5 Å². The molecule has 5 aromatic rings. The number of anilines is 2. The van der Waals surface area contributed by atoms with Gasteiger partial charge in [0.05, 0.1) is 14.2 Å². The summed E-state index contributed by atoms with van der Waals surface area (Å²) in [7, 11) is 3.09. The Bertz CT molecular complexity index is 1580. The number of carbonyl (C=O) groups is 2. The van der Waals surface area contributed by atoms with Crippen LogP contribution in [-0.4, -0.2) is 49.2 Å². The van der Waals surface area contributed by atoms with E-state index in [2.05, 4.69) is 20.6 Å². The first-order chi connectivity index (χ1) is 21.5. The molecule has 2 N–H and O–H groups in total. The largest absolute Gasteiger partial charge is 0.493 e. The van der Waals surface area contributed by atoms with Gasteiger partial charge in [0.15, 0.2) is 42.0 Å². The van der Waals surface area contributed by atoms with Gasteiger partial charge in [-0.3, -0.25) is 9.59 Å². The molecule has 10 nitrogen and oxygen atoms in total. The summed E-state index contributed by atoms with van der Waals surface area (Å²) in [5.41, 5.74) is 3.78. The van der Waals surface area contributed by atoms with E-state index in [1.807, 2.05) is 48.5 Å². The number of hydrogen-bond acceptors (Lipinski definition) is 8. The van der Waals surface area contributed by atoms with Crippen LogP contribution in [0.3, 0.4) is 0 Å². The van der Waals surface area contributed by atoms with Crippen molar-refractivity contribution in [1.82, 2.24) is 9.97 Å². The SMILES string of the molecule is COc1ccccc1OCC(=O)Nc1ccc(-c2cnc(-c3ccc(NC(=O)COc4ccccc4OC)cc3)nc2)cc1. The topological polar surface area (TPSA) is 121 Å². The molecule has 44 heavy (non-hydrogen) atoms. The van der Waals surface area contributed by atoms with Crippen molar-refractivity contribution in [2.24, 2.45) is 0 Å². The highest BCUT2D eigenvalue weighted by molar-refractivity contribution is 5.92. The third-order valence-corrected chi connectivity index (χ3v) is 6.44. The second kappa shape index (κ2) is 14.3. The molecule has 0 radical (unpaired) electrons. The van der Waals surface area contributed by atoms with Crippen LogP contribution in [0.15, 0.2) is 109 Å². The van der Waals surface area contributed by atoms with Crippen LogP contribution in [0.2, 0.25) is 0 Å². The summed E-state index contributed by atoms with van der Waals surface area (Å²) in [5, 5.41) is 5.63. The molecule has 0 unspecified atom stereocenters. The highest BCUT2D eigenvalue weighted by atomic mass is 16.5. The van der Waals surface area contributed by atoms with Gasteiger partial charge in [0.1, 0.15) is 0 Å². The zero-order valence-corrected chi connectivity index (χ0v) is 24.2. The molecular formula is C34H30N4O6. The van der Waals surface area contributed by atoms with Crippen molar-refractivity contribution < 1.29 is 28.5 Å². The molecule has 1 heterocycles. The summed E-state index contributed by atoms with van der Waals surface area (Å²) >= 11 is 0. The van der Waals surface area contributed by atoms with E-state index in [0.717, 1.165) is 16.7 Å². The molecule has 1 aromatic heterocycles. The molecular weight excluding hydrogens is 560 g/mol. The normalized spacial score (nSPS) is 10.4. The molecule has 0 fully saturated rings. The summed E-state index contributed by atoms with van der Waals surface area (Å²) in [6.07, 6.45) is 3.48. The molecule has 4 aromatic carbocycles. The fourth-order valence-corrected chi connectivity index (χ4v) is 4.23. The monoisotopic (exact) mass is 590 g/mol. The smallest absolute Gasteiger partial charge is 0.262 e. The number of rotatable bonds is 12. The summed E-state index contributed by atoms with van der Waals surface area (Å²) in [5.74, 6) is 2.08.